The molecule has 5 heteroatoms. The summed E-state index contributed by atoms with van der Waals surface area (Å²) in [5.74, 6) is 0. The van der Waals surface area contributed by atoms with Crippen LogP contribution in [0.15, 0.2) is 64.9 Å². The van der Waals surface area contributed by atoms with Crippen molar-refractivity contribution in [2.45, 2.75) is 23.8 Å². The molecule has 1 aliphatic heterocycles. The van der Waals surface area contributed by atoms with Crippen LogP contribution in [0.25, 0.3) is 10.8 Å². The van der Waals surface area contributed by atoms with E-state index < -0.39 is 10.0 Å². The first-order valence-corrected chi connectivity index (χ1v) is 10.0. The van der Waals surface area contributed by atoms with Crippen molar-refractivity contribution in [2.75, 3.05) is 6.54 Å². The standard InChI is InChI=1S/C18H17NO2S2/c20-23(21,16-10-9-14-5-1-2-6-15(14)13-16)19-11-3-7-17(19)18-8-4-12-22-18/h1-2,4-6,8-10,12-13,17H,3,7,11H2/t17-/m1/s1. The van der Waals surface area contributed by atoms with Crippen LogP contribution < -0.4 is 0 Å². The highest BCUT2D eigenvalue weighted by atomic mass is 32.2. The van der Waals surface area contributed by atoms with E-state index in [1.165, 1.54) is 0 Å². The fourth-order valence-corrected chi connectivity index (χ4v) is 5.91. The number of nitrogens with zero attached hydrogens (tertiary/aromatic N) is 1. The van der Waals surface area contributed by atoms with Gasteiger partial charge in [0.25, 0.3) is 0 Å². The largest absolute Gasteiger partial charge is 0.243 e. The maximum absolute atomic E-state index is 13.1. The second-order valence-corrected chi connectivity index (χ2v) is 8.67. The van der Waals surface area contributed by atoms with Gasteiger partial charge in [0.15, 0.2) is 0 Å². The number of sulfonamides is 1. The van der Waals surface area contributed by atoms with Gasteiger partial charge >= 0.3 is 0 Å². The van der Waals surface area contributed by atoms with Crippen LogP contribution in [0.1, 0.15) is 23.8 Å². The van der Waals surface area contributed by atoms with E-state index in [1.807, 2.05) is 47.8 Å². The van der Waals surface area contributed by atoms with Crippen molar-refractivity contribution < 1.29 is 8.42 Å². The van der Waals surface area contributed by atoms with E-state index in [-0.39, 0.29) is 6.04 Å². The Kier molecular flexibility index (Phi) is 3.71. The molecule has 0 unspecified atom stereocenters. The Morgan fingerprint density at radius 3 is 2.61 bits per heavy atom. The molecule has 1 aliphatic rings. The van der Waals surface area contributed by atoms with E-state index in [0.717, 1.165) is 28.5 Å². The Hall–Kier alpha value is -1.69. The van der Waals surface area contributed by atoms with E-state index in [0.29, 0.717) is 11.4 Å². The Morgan fingerprint density at radius 2 is 1.83 bits per heavy atom. The van der Waals surface area contributed by atoms with Crippen LogP contribution in [0.2, 0.25) is 0 Å². The third kappa shape index (κ3) is 2.59. The first kappa shape index (κ1) is 14.9. The molecule has 2 heterocycles. The highest BCUT2D eigenvalue weighted by molar-refractivity contribution is 7.89. The van der Waals surface area contributed by atoms with E-state index in [2.05, 4.69) is 0 Å². The molecule has 23 heavy (non-hydrogen) atoms. The van der Waals surface area contributed by atoms with Gasteiger partial charge in [-0.1, -0.05) is 36.4 Å². The van der Waals surface area contributed by atoms with Gasteiger partial charge in [-0.15, -0.1) is 11.3 Å². The highest BCUT2D eigenvalue weighted by Crippen LogP contribution is 2.38. The fourth-order valence-electron chi connectivity index (χ4n) is 3.26. The number of thiophene rings is 1. The minimum absolute atomic E-state index is 0.0218. The zero-order chi connectivity index (χ0) is 15.9. The summed E-state index contributed by atoms with van der Waals surface area (Å²) < 4.78 is 27.9. The third-order valence-electron chi connectivity index (χ3n) is 4.40. The summed E-state index contributed by atoms with van der Waals surface area (Å²) in [5, 5.41) is 4.03. The molecule has 1 fully saturated rings. The fraction of sp³-hybridized carbons (Fsp3) is 0.222. The predicted molar refractivity (Wildman–Crippen MR) is 94.1 cm³/mol. The van der Waals surface area contributed by atoms with E-state index >= 15 is 0 Å². The van der Waals surface area contributed by atoms with E-state index in [1.54, 1.807) is 27.8 Å². The van der Waals surface area contributed by atoms with E-state index in [4.69, 9.17) is 0 Å². The van der Waals surface area contributed by atoms with Crippen LogP contribution in [0.4, 0.5) is 0 Å². The van der Waals surface area contributed by atoms with Gasteiger partial charge in [-0.25, -0.2) is 8.42 Å². The molecule has 1 saturated heterocycles. The van der Waals surface area contributed by atoms with Gasteiger partial charge in [0.05, 0.1) is 10.9 Å². The molecule has 118 valence electrons. The first-order chi connectivity index (χ1) is 11.2. The summed E-state index contributed by atoms with van der Waals surface area (Å²) in [6.07, 6.45) is 1.81. The summed E-state index contributed by atoms with van der Waals surface area (Å²) >= 11 is 1.63. The average molecular weight is 343 g/mol. The van der Waals surface area contributed by atoms with Crippen LogP contribution in [-0.2, 0) is 10.0 Å². The summed E-state index contributed by atoms with van der Waals surface area (Å²) in [6, 6.07) is 17.2. The van der Waals surface area contributed by atoms with Crippen molar-refractivity contribution in [3.63, 3.8) is 0 Å². The quantitative estimate of drug-likeness (QED) is 0.705. The Bertz CT molecular complexity index is 933. The number of rotatable bonds is 3. The Labute approximate surface area is 140 Å². The van der Waals surface area contributed by atoms with Gasteiger partial charge in [-0.05, 0) is 47.2 Å². The second kappa shape index (κ2) is 5.74. The smallest absolute Gasteiger partial charge is 0.207 e. The van der Waals surface area contributed by atoms with Gasteiger partial charge in [0, 0.05) is 11.4 Å². The van der Waals surface area contributed by atoms with Gasteiger partial charge < -0.3 is 0 Å². The SMILES string of the molecule is O=S(=O)(c1ccc2ccccc2c1)N1CCC[C@@H]1c1cccs1. The lowest BCUT2D eigenvalue weighted by molar-refractivity contribution is 0.401. The summed E-state index contributed by atoms with van der Waals surface area (Å²) in [5.41, 5.74) is 0. The third-order valence-corrected chi connectivity index (χ3v) is 7.28. The predicted octanol–water partition coefficient (Wildman–Crippen LogP) is 4.43. The molecule has 0 N–H and O–H groups in total. The van der Waals surface area contributed by atoms with Gasteiger partial charge in [0.2, 0.25) is 10.0 Å². The zero-order valence-corrected chi connectivity index (χ0v) is 14.2. The Balaban J connectivity index is 1.76. The molecule has 0 aliphatic carbocycles. The molecular weight excluding hydrogens is 326 g/mol. The molecule has 2 aromatic carbocycles. The molecule has 4 rings (SSSR count). The average Bonchev–Trinajstić information content (AvgIpc) is 3.25. The summed E-state index contributed by atoms with van der Waals surface area (Å²) in [6.45, 7) is 0.595. The lowest BCUT2D eigenvalue weighted by Gasteiger charge is -2.23. The van der Waals surface area contributed by atoms with Gasteiger partial charge in [-0.2, -0.15) is 4.31 Å². The molecule has 0 bridgehead atoms. The minimum atomic E-state index is -3.47. The second-order valence-electron chi connectivity index (χ2n) is 5.80. The normalized spacial score (nSPS) is 19.4. The summed E-state index contributed by atoms with van der Waals surface area (Å²) in [7, 11) is -3.47. The molecule has 0 spiro atoms. The Morgan fingerprint density at radius 1 is 1.00 bits per heavy atom. The first-order valence-electron chi connectivity index (χ1n) is 7.70. The van der Waals surface area contributed by atoms with Crippen molar-refractivity contribution in [3.8, 4) is 0 Å². The lowest BCUT2D eigenvalue weighted by Crippen LogP contribution is -2.30. The molecular formula is C18H17NO2S2. The molecule has 0 amide bonds. The topological polar surface area (TPSA) is 37.4 Å². The number of fused-ring (bicyclic) bond motifs is 1. The van der Waals surface area contributed by atoms with Gasteiger partial charge in [-0.3, -0.25) is 0 Å². The van der Waals surface area contributed by atoms with Crippen LogP contribution in [0, 0.1) is 0 Å². The van der Waals surface area contributed by atoms with Crippen LogP contribution in [0.5, 0.6) is 0 Å². The molecule has 3 nitrogen and oxygen atoms in total. The van der Waals surface area contributed by atoms with E-state index in [9.17, 15) is 8.42 Å². The van der Waals surface area contributed by atoms with Crippen LogP contribution >= 0.6 is 11.3 Å². The van der Waals surface area contributed by atoms with Crippen molar-refractivity contribution in [3.05, 3.63) is 64.9 Å². The van der Waals surface area contributed by atoms with Crippen LogP contribution in [-0.4, -0.2) is 19.3 Å². The minimum Gasteiger partial charge on any atom is -0.207 e. The van der Waals surface area contributed by atoms with Crippen molar-refractivity contribution in [1.29, 1.82) is 0 Å². The van der Waals surface area contributed by atoms with Crippen molar-refractivity contribution in [2.24, 2.45) is 0 Å². The molecule has 1 atom stereocenters. The van der Waals surface area contributed by atoms with Crippen molar-refractivity contribution in [1.82, 2.24) is 4.31 Å². The van der Waals surface area contributed by atoms with Crippen molar-refractivity contribution >= 4 is 32.1 Å². The number of hydrogen-bond donors (Lipinski definition) is 0. The maximum Gasteiger partial charge on any atom is 0.243 e. The molecule has 0 radical (unpaired) electrons. The number of benzene rings is 2. The van der Waals surface area contributed by atoms with Gasteiger partial charge in [0.1, 0.15) is 0 Å². The number of hydrogen-bond acceptors (Lipinski definition) is 3. The lowest BCUT2D eigenvalue weighted by atomic mass is 10.1. The maximum atomic E-state index is 13.1. The zero-order valence-electron chi connectivity index (χ0n) is 12.6. The molecule has 1 aromatic heterocycles. The van der Waals surface area contributed by atoms with Crippen LogP contribution in [0.3, 0.4) is 0 Å². The molecule has 0 saturated carbocycles. The molecule has 3 aromatic rings. The monoisotopic (exact) mass is 343 g/mol. The summed E-state index contributed by atoms with van der Waals surface area (Å²) in [4.78, 5) is 1.52. The highest BCUT2D eigenvalue weighted by Gasteiger charge is 2.36.